The van der Waals surface area contributed by atoms with Crippen molar-refractivity contribution in [1.82, 2.24) is 0 Å². The Bertz CT molecular complexity index is 128. The minimum Gasteiger partial charge on any atom is -0.408 e. The van der Waals surface area contributed by atoms with Crippen molar-refractivity contribution in [3.63, 3.8) is 0 Å². The van der Waals surface area contributed by atoms with Gasteiger partial charge in [-0.1, -0.05) is 40.9 Å². The van der Waals surface area contributed by atoms with Crippen molar-refractivity contribution in [2.45, 2.75) is 13.3 Å². The van der Waals surface area contributed by atoms with Gasteiger partial charge in [-0.25, -0.2) is 0 Å². The lowest BCUT2D eigenvalue weighted by molar-refractivity contribution is 0.318. The monoisotopic (exact) mass is 282 g/mol. The topological polar surface area (TPSA) is 9.23 Å². The van der Waals surface area contributed by atoms with Gasteiger partial charge in [-0.2, -0.15) is 0 Å². The standard InChI is InChI=1S/C8H15IOSi/c1-4-7-10-11(5-2,6-3)8-9/h5-6H,2-4,7-8H2,1H3. The third-order valence-electron chi connectivity index (χ3n) is 1.47. The molecule has 0 bridgehead atoms. The van der Waals surface area contributed by atoms with Crippen LogP contribution >= 0.6 is 22.6 Å². The largest absolute Gasteiger partial charge is 0.408 e. The molecule has 0 atom stereocenters. The van der Waals surface area contributed by atoms with Crippen LogP contribution in [0.4, 0.5) is 0 Å². The second-order valence-corrected chi connectivity index (χ2v) is 7.92. The highest BCUT2D eigenvalue weighted by Crippen LogP contribution is 2.11. The highest BCUT2D eigenvalue weighted by molar-refractivity contribution is 14.1. The van der Waals surface area contributed by atoms with Gasteiger partial charge < -0.3 is 4.43 Å². The summed E-state index contributed by atoms with van der Waals surface area (Å²) in [6.45, 7) is 10.5. The van der Waals surface area contributed by atoms with E-state index in [0.29, 0.717) is 0 Å². The summed E-state index contributed by atoms with van der Waals surface area (Å²) >= 11 is 2.34. The summed E-state index contributed by atoms with van der Waals surface area (Å²) in [4.78, 5) is 0. The summed E-state index contributed by atoms with van der Waals surface area (Å²) in [7, 11) is -1.72. The second-order valence-electron chi connectivity index (χ2n) is 2.35. The molecule has 0 unspecified atom stereocenters. The third-order valence-corrected chi connectivity index (χ3v) is 7.59. The fourth-order valence-corrected chi connectivity index (χ4v) is 4.45. The normalized spacial score (nSPS) is 11.1. The highest BCUT2D eigenvalue weighted by atomic mass is 127. The van der Waals surface area contributed by atoms with Crippen molar-refractivity contribution in [2.24, 2.45) is 0 Å². The maximum Gasteiger partial charge on any atom is 0.249 e. The van der Waals surface area contributed by atoms with E-state index in [1.807, 2.05) is 11.4 Å². The first-order valence-electron chi connectivity index (χ1n) is 3.71. The molecule has 0 aliphatic heterocycles. The summed E-state index contributed by atoms with van der Waals surface area (Å²) in [6, 6.07) is 0. The minimum atomic E-state index is -1.72. The summed E-state index contributed by atoms with van der Waals surface area (Å²) in [5.74, 6) is 0. The number of rotatable bonds is 6. The number of alkyl halides is 1. The van der Waals surface area contributed by atoms with Gasteiger partial charge >= 0.3 is 0 Å². The Balaban J connectivity index is 4.05. The molecule has 1 nitrogen and oxygen atoms in total. The van der Waals surface area contributed by atoms with Gasteiger partial charge in [-0.3, -0.25) is 0 Å². The number of hydrogen-bond donors (Lipinski definition) is 0. The van der Waals surface area contributed by atoms with Crippen LogP contribution < -0.4 is 0 Å². The molecule has 0 aromatic heterocycles. The SMILES string of the molecule is C=C[Si](C=C)(CI)OCCC. The molecule has 11 heavy (non-hydrogen) atoms. The van der Waals surface area contributed by atoms with E-state index in [4.69, 9.17) is 4.43 Å². The average Bonchev–Trinajstić information content (AvgIpc) is 2.08. The van der Waals surface area contributed by atoms with Gasteiger partial charge in [0.25, 0.3) is 0 Å². The van der Waals surface area contributed by atoms with E-state index in [-0.39, 0.29) is 0 Å². The summed E-state index contributed by atoms with van der Waals surface area (Å²) in [5.41, 5.74) is 3.89. The van der Waals surface area contributed by atoms with Crippen LogP contribution in [0.15, 0.2) is 24.6 Å². The minimum absolute atomic E-state index is 0.827. The van der Waals surface area contributed by atoms with Gasteiger partial charge in [-0.05, 0) is 6.42 Å². The molecule has 0 N–H and O–H groups in total. The highest BCUT2D eigenvalue weighted by Gasteiger charge is 2.25. The van der Waals surface area contributed by atoms with Crippen LogP contribution in [0.25, 0.3) is 0 Å². The van der Waals surface area contributed by atoms with E-state index in [9.17, 15) is 0 Å². The van der Waals surface area contributed by atoms with Crippen LogP contribution in [0, 0.1) is 0 Å². The maximum absolute atomic E-state index is 5.72. The van der Waals surface area contributed by atoms with E-state index in [1.54, 1.807) is 0 Å². The molecule has 0 heterocycles. The van der Waals surface area contributed by atoms with E-state index in [0.717, 1.165) is 17.1 Å². The molecule has 0 radical (unpaired) electrons. The molecule has 3 heteroatoms. The molecule has 0 rings (SSSR count). The quantitative estimate of drug-likeness (QED) is 0.413. The van der Waals surface area contributed by atoms with Crippen LogP contribution in [-0.2, 0) is 4.43 Å². The molecule has 0 spiro atoms. The van der Waals surface area contributed by atoms with E-state index in [2.05, 4.69) is 42.7 Å². The van der Waals surface area contributed by atoms with Crippen molar-refractivity contribution < 1.29 is 4.43 Å². The second kappa shape index (κ2) is 5.96. The van der Waals surface area contributed by atoms with Crippen LogP contribution in [0.2, 0.25) is 0 Å². The van der Waals surface area contributed by atoms with Crippen molar-refractivity contribution >= 4 is 30.9 Å². The van der Waals surface area contributed by atoms with E-state index in [1.165, 1.54) is 0 Å². The molecular formula is C8H15IOSi. The number of halogens is 1. The van der Waals surface area contributed by atoms with Crippen molar-refractivity contribution in [2.75, 3.05) is 10.7 Å². The molecule has 64 valence electrons. The average molecular weight is 282 g/mol. The molecular weight excluding hydrogens is 267 g/mol. The van der Waals surface area contributed by atoms with E-state index >= 15 is 0 Å². The first-order chi connectivity index (χ1) is 5.24. The Morgan fingerprint density at radius 3 is 2.27 bits per heavy atom. The van der Waals surface area contributed by atoms with Gasteiger partial charge in [0.05, 0.1) is 0 Å². The molecule has 0 amide bonds. The van der Waals surface area contributed by atoms with Crippen molar-refractivity contribution in [3.8, 4) is 0 Å². The lowest BCUT2D eigenvalue weighted by atomic mass is 10.5. The predicted molar refractivity (Wildman–Crippen MR) is 61.3 cm³/mol. The summed E-state index contributed by atoms with van der Waals surface area (Å²) in [5, 5.41) is 0. The fourth-order valence-electron chi connectivity index (χ4n) is 0.641. The molecule has 0 aromatic carbocycles. The fraction of sp³-hybridized carbons (Fsp3) is 0.500. The molecule has 0 saturated carbocycles. The molecule has 0 saturated heterocycles. The molecule has 0 fully saturated rings. The predicted octanol–water partition coefficient (Wildman–Crippen LogP) is 2.78. The van der Waals surface area contributed by atoms with Gasteiger partial charge in [0.15, 0.2) is 0 Å². The van der Waals surface area contributed by atoms with Gasteiger partial charge in [0.2, 0.25) is 8.32 Å². The van der Waals surface area contributed by atoms with Gasteiger partial charge in [0, 0.05) is 10.7 Å². The Morgan fingerprint density at radius 1 is 1.45 bits per heavy atom. The summed E-state index contributed by atoms with van der Waals surface area (Å²) in [6.07, 6.45) is 1.06. The van der Waals surface area contributed by atoms with Crippen molar-refractivity contribution in [1.29, 1.82) is 0 Å². The first-order valence-corrected chi connectivity index (χ1v) is 7.51. The zero-order chi connectivity index (χ0) is 8.74. The van der Waals surface area contributed by atoms with Gasteiger partial charge in [-0.15, -0.1) is 13.2 Å². The molecule has 0 aliphatic rings. The zero-order valence-electron chi connectivity index (χ0n) is 6.98. The third kappa shape index (κ3) is 3.53. The maximum atomic E-state index is 5.72. The summed E-state index contributed by atoms with van der Waals surface area (Å²) < 4.78 is 6.73. The number of hydrogen-bond acceptors (Lipinski definition) is 1. The van der Waals surface area contributed by atoms with Gasteiger partial charge in [0.1, 0.15) is 0 Å². The lowest BCUT2D eigenvalue weighted by Crippen LogP contribution is -2.37. The van der Waals surface area contributed by atoms with Crippen LogP contribution in [0.1, 0.15) is 13.3 Å². The Hall–Kier alpha value is 0.387. The Morgan fingerprint density at radius 2 is 2.00 bits per heavy atom. The Labute approximate surface area is 83.8 Å². The van der Waals surface area contributed by atoms with Crippen LogP contribution in [0.3, 0.4) is 0 Å². The molecule has 0 aliphatic carbocycles. The first kappa shape index (κ1) is 11.4. The van der Waals surface area contributed by atoms with Crippen LogP contribution in [0.5, 0.6) is 0 Å². The van der Waals surface area contributed by atoms with Crippen molar-refractivity contribution in [3.05, 3.63) is 24.6 Å². The smallest absolute Gasteiger partial charge is 0.249 e. The lowest BCUT2D eigenvalue weighted by Gasteiger charge is -2.21. The van der Waals surface area contributed by atoms with E-state index < -0.39 is 8.32 Å². The zero-order valence-corrected chi connectivity index (χ0v) is 10.1. The Kier molecular flexibility index (Phi) is 6.17. The van der Waals surface area contributed by atoms with Crippen LogP contribution in [-0.4, -0.2) is 19.0 Å². The molecule has 0 aromatic rings.